The maximum Gasteiger partial charge on any atom is 0.234 e. The van der Waals surface area contributed by atoms with Gasteiger partial charge in [0.05, 0.1) is 24.7 Å². The van der Waals surface area contributed by atoms with Crippen molar-refractivity contribution in [3.63, 3.8) is 0 Å². The number of amides is 2. The summed E-state index contributed by atoms with van der Waals surface area (Å²) in [5.74, 6) is 1.08. The molecule has 2 aromatic carbocycles. The summed E-state index contributed by atoms with van der Waals surface area (Å²) >= 11 is 1.30. The van der Waals surface area contributed by atoms with Crippen LogP contribution in [0.25, 0.3) is 0 Å². The maximum atomic E-state index is 12.2. The molecule has 6 heteroatoms. The number of thioether (sulfide) groups is 1. The predicted octanol–water partition coefficient (Wildman–Crippen LogP) is 3.94. The van der Waals surface area contributed by atoms with Crippen molar-refractivity contribution >= 4 is 29.3 Å². The molecule has 1 unspecified atom stereocenters. The average Bonchev–Trinajstić information content (AvgIpc) is 2.68. The van der Waals surface area contributed by atoms with E-state index in [0.717, 1.165) is 29.0 Å². The first-order valence-electron chi connectivity index (χ1n) is 8.89. The molecule has 2 N–H and O–H groups in total. The number of carbonyl (C=O) groups is 2. The SMILES string of the molecule is CCC(NC(=O)CSCC(=O)Nc1ccc(C)cc1)c1ccc(OC)cc1. The Kier molecular flexibility index (Phi) is 8.20. The highest BCUT2D eigenvalue weighted by Crippen LogP contribution is 2.20. The Morgan fingerprint density at radius 2 is 1.63 bits per heavy atom. The van der Waals surface area contributed by atoms with Crippen LogP contribution in [-0.2, 0) is 9.59 Å². The molecule has 0 fully saturated rings. The van der Waals surface area contributed by atoms with Crippen molar-refractivity contribution in [1.29, 1.82) is 0 Å². The molecule has 2 amide bonds. The molecule has 5 nitrogen and oxygen atoms in total. The third-order valence-electron chi connectivity index (χ3n) is 4.06. The molecule has 0 saturated heterocycles. The lowest BCUT2D eigenvalue weighted by Crippen LogP contribution is -2.30. The Balaban J connectivity index is 1.75. The molecule has 0 heterocycles. The summed E-state index contributed by atoms with van der Waals surface area (Å²) in [7, 11) is 1.63. The molecule has 0 aromatic heterocycles. The standard InChI is InChI=1S/C21H26N2O3S/c1-4-19(16-7-11-18(26-3)12-8-16)23-21(25)14-27-13-20(24)22-17-9-5-15(2)6-10-17/h5-12,19H,4,13-14H2,1-3H3,(H,22,24)(H,23,25). The van der Waals surface area contributed by atoms with Gasteiger partial charge in [-0.2, -0.15) is 0 Å². The van der Waals surface area contributed by atoms with E-state index in [0.29, 0.717) is 0 Å². The van der Waals surface area contributed by atoms with Crippen molar-refractivity contribution in [3.05, 3.63) is 59.7 Å². The number of benzene rings is 2. The quantitative estimate of drug-likeness (QED) is 0.685. The van der Waals surface area contributed by atoms with Gasteiger partial charge in [0.15, 0.2) is 0 Å². The number of hydrogen-bond acceptors (Lipinski definition) is 4. The van der Waals surface area contributed by atoms with Crippen LogP contribution in [0.5, 0.6) is 5.75 Å². The van der Waals surface area contributed by atoms with Crippen molar-refractivity contribution in [2.45, 2.75) is 26.3 Å². The normalized spacial score (nSPS) is 11.5. The maximum absolute atomic E-state index is 12.2. The number of hydrogen-bond donors (Lipinski definition) is 2. The first-order valence-corrected chi connectivity index (χ1v) is 10.0. The summed E-state index contributed by atoms with van der Waals surface area (Å²) in [6.45, 7) is 4.02. The van der Waals surface area contributed by atoms with E-state index in [1.165, 1.54) is 11.8 Å². The number of rotatable bonds is 9. The van der Waals surface area contributed by atoms with Crippen LogP contribution in [0.15, 0.2) is 48.5 Å². The zero-order chi connectivity index (χ0) is 19.6. The molecule has 2 aromatic rings. The number of nitrogens with one attached hydrogen (secondary N) is 2. The van der Waals surface area contributed by atoms with E-state index in [2.05, 4.69) is 10.6 Å². The molecule has 0 aliphatic carbocycles. The van der Waals surface area contributed by atoms with Crippen LogP contribution in [0.1, 0.15) is 30.5 Å². The van der Waals surface area contributed by atoms with E-state index in [1.54, 1.807) is 7.11 Å². The van der Waals surface area contributed by atoms with Crippen LogP contribution in [0.4, 0.5) is 5.69 Å². The van der Waals surface area contributed by atoms with Crippen molar-refractivity contribution < 1.29 is 14.3 Å². The van der Waals surface area contributed by atoms with Crippen LogP contribution in [0, 0.1) is 6.92 Å². The summed E-state index contributed by atoms with van der Waals surface area (Å²) in [5, 5.41) is 5.85. The van der Waals surface area contributed by atoms with Gasteiger partial charge in [-0.05, 0) is 43.2 Å². The fraction of sp³-hybridized carbons (Fsp3) is 0.333. The van der Waals surface area contributed by atoms with Gasteiger partial charge in [-0.25, -0.2) is 0 Å². The average molecular weight is 387 g/mol. The van der Waals surface area contributed by atoms with Crippen molar-refractivity contribution in [1.82, 2.24) is 5.32 Å². The van der Waals surface area contributed by atoms with Gasteiger partial charge in [0, 0.05) is 5.69 Å². The third-order valence-corrected chi connectivity index (χ3v) is 5.00. The molecule has 27 heavy (non-hydrogen) atoms. The fourth-order valence-electron chi connectivity index (χ4n) is 2.56. The van der Waals surface area contributed by atoms with Crippen LogP contribution in [-0.4, -0.2) is 30.4 Å². The van der Waals surface area contributed by atoms with E-state index in [9.17, 15) is 9.59 Å². The monoisotopic (exact) mass is 386 g/mol. The van der Waals surface area contributed by atoms with Gasteiger partial charge < -0.3 is 15.4 Å². The molecule has 1 atom stereocenters. The Morgan fingerprint density at radius 1 is 1.00 bits per heavy atom. The molecular formula is C21H26N2O3S. The minimum atomic E-state index is -0.112. The molecule has 0 aliphatic rings. The van der Waals surface area contributed by atoms with Gasteiger partial charge in [-0.3, -0.25) is 9.59 Å². The van der Waals surface area contributed by atoms with Crippen LogP contribution < -0.4 is 15.4 Å². The third kappa shape index (κ3) is 6.98. The second-order valence-electron chi connectivity index (χ2n) is 6.21. The number of aryl methyl sites for hydroxylation is 1. The van der Waals surface area contributed by atoms with Gasteiger partial charge in [0.2, 0.25) is 11.8 Å². The second kappa shape index (κ2) is 10.6. The lowest BCUT2D eigenvalue weighted by Gasteiger charge is -2.17. The smallest absolute Gasteiger partial charge is 0.234 e. The van der Waals surface area contributed by atoms with Crippen molar-refractivity contribution in [3.8, 4) is 5.75 Å². The van der Waals surface area contributed by atoms with E-state index in [4.69, 9.17) is 4.74 Å². The van der Waals surface area contributed by atoms with Gasteiger partial charge in [0.1, 0.15) is 5.75 Å². The predicted molar refractivity (Wildman–Crippen MR) is 111 cm³/mol. The van der Waals surface area contributed by atoms with E-state index >= 15 is 0 Å². The van der Waals surface area contributed by atoms with Crippen molar-refractivity contribution in [2.75, 3.05) is 23.9 Å². The molecule has 0 spiro atoms. The topological polar surface area (TPSA) is 67.4 Å². The van der Waals surface area contributed by atoms with Crippen molar-refractivity contribution in [2.24, 2.45) is 0 Å². The van der Waals surface area contributed by atoms with Crippen LogP contribution >= 0.6 is 11.8 Å². The van der Waals surface area contributed by atoms with Gasteiger partial charge in [0.25, 0.3) is 0 Å². The highest BCUT2D eigenvalue weighted by Gasteiger charge is 2.13. The second-order valence-corrected chi connectivity index (χ2v) is 7.19. The summed E-state index contributed by atoms with van der Waals surface area (Å²) < 4.78 is 5.16. The molecule has 0 saturated carbocycles. The zero-order valence-corrected chi connectivity index (χ0v) is 16.8. The largest absolute Gasteiger partial charge is 0.497 e. The molecule has 0 aliphatic heterocycles. The van der Waals surface area contributed by atoms with Gasteiger partial charge in [-0.1, -0.05) is 36.8 Å². The summed E-state index contributed by atoms with van der Waals surface area (Å²) in [5.41, 5.74) is 2.94. The number of anilines is 1. The summed E-state index contributed by atoms with van der Waals surface area (Å²) in [6.07, 6.45) is 0.788. The van der Waals surface area contributed by atoms with E-state index < -0.39 is 0 Å². The van der Waals surface area contributed by atoms with Crippen LogP contribution in [0.2, 0.25) is 0 Å². The Hall–Kier alpha value is -2.47. The summed E-state index contributed by atoms with van der Waals surface area (Å²) in [6, 6.07) is 15.2. The Bertz CT molecular complexity index is 745. The molecule has 2 rings (SSSR count). The van der Waals surface area contributed by atoms with E-state index in [-0.39, 0.29) is 29.4 Å². The van der Waals surface area contributed by atoms with Gasteiger partial charge >= 0.3 is 0 Å². The lowest BCUT2D eigenvalue weighted by atomic mass is 10.0. The Morgan fingerprint density at radius 3 is 2.22 bits per heavy atom. The number of ether oxygens (including phenoxy) is 1. The Labute approximate surface area is 164 Å². The first kappa shape index (κ1) is 20.8. The zero-order valence-electron chi connectivity index (χ0n) is 16.0. The lowest BCUT2D eigenvalue weighted by molar-refractivity contribution is -0.119. The minimum absolute atomic E-state index is 0.0506. The van der Waals surface area contributed by atoms with E-state index in [1.807, 2.05) is 62.4 Å². The first-order chi connectivity index (χ1) is 13.0. The molecule has 144 valence electrons. The highest BCUT2D eigenvalue weighted by atomic mass is 32.2. The number of methoxy groups -OCH3 is 1. The highest BCUT2D eigenvalue weighted by molar-refractivity contribution is 8.00. The van der Waals surface area contributed by atoms with Gasteiger partial charge in [-0.15, -0.1) is 11.8 Å². The van der Waals surface area contributed by atoms with Crippen LogP contribution in [0.3, 0.4) is 0 Å². The summed E-state index contributed by atoms with van der Waals surface area (Å²) in [4.78, 5) is 24.2. The molecule has 0 radical (unpaired) electrons. The fourth-order valence-corrected chi connectivity index (χ4v) is 3.19. The number of carbonyl (C=O) groups excluding carboxylic acids is 2. The molecule has 0 bridgehead atoms. The minimum Gasteiger partial charge on any atom is -0.497 e. The molecular weight excluding hydrogens is 360 g/mol.